The zero-order valence-corrected chi connectivity index (χ0v) is 14.8. The molecule has 0 spiro atoms. The van der Waals surface area contributed by atoms with Crippen molar-refractivity contribution in [2.75, 3.05) is 48.8 Å². The van der Waals surface area contributed by atoms with Gasteiger partial charge in [-0.3, -0.25) is 0 Å². The SMILES string of the molecule is COc1ccccc1NC(=O)Nc1ccc(N2CCNCC2)c(Cl)c1. The number of hydrogen-bond donors (Lipinski definition) is 3. The topological polar surface area (TPSA) is 65.6 Å². The first kappa shape index (κ1) is 17.4. The standard InChI is InChI=1S/C18H21ClN4O2/c1-25-17-5-3-2-4-15(17)22-18(24)21-13-6-7-16(14(19)12-13)23-10-8-20-9-11-23/h2-7,12,20H,8-11H2,1H3,(H2,21,22,24). The van der Waals surface area contributed by atoms with Gasteiger partial charge in [0.25, 0.3) is 0 Å². The summed E-state index contributed by atoms with van der Waals surface area (Å²) in [5.74, 6) is 0.602. The third-order valence-corrected chi connectivity index (χ3v) is 4.32. The average Bonchev–Trinajstić information content (AvgIpc) is 2.63. The second-order valence-electron chi connectivity index (χ2n) is 5.68. The summed E-state index contributed by atoms with van der Waals surface area (Å²) in [4.78, 5) is 14.4. The highest BCUT2D eigenvalue weighted by molar-refractivity contribution is 6.33. The van der Waals surface area contributed by atoms with Crippen LogP contribution in [0.1, 0.15) is 0 Å². The van der Waals surface area contributed by atoms with Crippen molar-refractivity contribution in [3.63, 3.8) is 0 Å². The fourth-order valence-electron chi connectivity index (χ4n) is 2.78. The van der Waals surface area contributed by atoms with E-state index in [1.54, 1.807) is 25.3 Å². The van der Waals surface area contributed by atoms with Crippen molar-refractivity contribution in [2.45, 2.75) is 0 Å². The number of benzene rings is 2. The molecule has 0 unspecified atom stereocenters. The summed E-state index contributed by atoms with van der Waals surface area (Å²) < 4.78 is 5.22. The maximum absolute atomic E-state index is 12.2. The lowest BCUT2D eigenvalue weighted by Crippen LogP contribution is -2.43. The number of hydrogen-bond acceptors (Lipinski definition) is 4. The monoisotopic (exact) mass is 360 g/mol. The van der Waals surface area contributed by atoms with Gasteiger partial charge in [-0.15, -0.1) is 0 Å². The number of nitrogens with one attached hydrogen (secondary N) is 3. The Balaban J connectivity index is 1.66. The lowest BCUT2D eigenvalue weighted by molar-refractivity contribution is 0.262. The minimum Gasteiger partial charge on any atom is -0.495 e. The molecule has 3 rings (SSSR count). The Morgan fingerprint density at radius 2 is 1.92 bits per heavy atom. The number of anilines is 3. The van der Waals surface area contributed by atoms with Crippen molar-refractivity contribution in [2.24, 2.45) is 0 Å². The van der Waals surface area contributed by atoms with Crippen LogP contribution in [0, 0.1) is 0 Å². The summed E-state index contributed by atoms with van der Waals surface area (Å²) >= 11 is 6.40. The first-order valence-electron chi connectivity index (χ1n) is 8.13. The van der Waals surface area contributed by atoms with Gasteiger partial charge in [0.15, 0.2) is 0 Å². The molecule has 1 saturated heterocycles. The van der Waals surface area contributed by atoms with Crippen molar-refractivity contribution in [1.29, 1.82) is 0 Å². The molecule has 2 aromatic rings. The van der Waals surface area contributed by atoms with E-state index in [1.165, 1.54) is 0 Å². The molecular weight excluding hydrogens is 340 g/mol. The van der Waals surface area contributed by atoms with Gasteiger partial charge in [-0.1, -0.05) is 23.7 Å². The number of piperazine rings is 1. The number of rotatable bonds is 4. The Morgan fingerprint density at radius 3 is 2.64 bits per heavy atom. The quantitative estimate of drug-likeness (QED) is 0.781. The van der Waals surface area contributed by atoms with Crippen LogP contribution in [0.3, 0.4) is 0 Å². The van der Waals surface area contributed by atoms with Gasteiger partial charge in [0, 0.05) is 31.9 Å². The first-order valence-corrected chi connectivity index (χ1v) is 8.51. The molecule has 0 bridgehead atoms. The molecule has 132 valence electrons. The Morgan fingerprint density at radius 1 is 1.16 bits per heavy atom. The first-order chi connectivity index (χ1) is 12.2. The molecule has 1 heterocycles. The summed E-state index contributed by atoms with van der Waals surface area (Å²) in [5, 5.41) is 9.50. The van der Waals surface area contributed by atoms with Crippen molar-refractivity contribution in [3.8, 4) is 5.75 Å². The van der Waals surface area contributed by atoms with Crippen LogP contribution in [0.5, 0.6) is 5.75 Å². The van der Waals surface area contributed by atoms with Crippen LogP contribution in [0.4, 0.5) is 21.9 Å². The van der Waals surface area contributed by atoms with Gasteiger partial charge >= 0.3 is 6.03 Å². The van der Waals surface area contributed by atoms with E-state index in [2.05, 4.69) is 20.9 Å². The highest BCUT2D eigenvalue weighted by Crippen LogP contribution is 2.29. The van der Waals surface area contributed by atoms with Gasteiger partial charge in [-0.25, -0.2) is 4.79 Å². The lowest BCUT2D eigenvalue weighted by atomic mass is 10.2. The summed E-state index contributed by atoms with van der Waals surface area (Å²) in [6.07, 6.45) is 0. The van der Waals surface area contributed by atoms with Gasteiger partial charge in [0.05, 0.1) is 23.5 Å². The number of carbonyl (C=O) groups is 1. The highest BCUT2D eigenvalue weighted by atomic mass is 35.5. The van der Waals surface area contributed by atoms with E-state index in [1.807, 2.05) is 24.3 Å². The largest absolute Gasteiger partial charge is 0.495 e. The second kappa shape index (κ2) is 8.09. The minimum absolute atomic E-state index is 0.351. The summed E-state index contributed by atoms with van der Waals surface area (Å²) in [6.45, 7) is 3.72. The molecule has 0 aliphatic carbocycles. The zero-order chi connectivity index (χ0) is 17.6. The molecule has 0 atom stereocenters. The van der Waals surface area contributed by atoms with E-state index in [0.717, 1.165) is 31.9 Å². The summed E-state index contributed by atoms with van der Waals surface area (Å²) in [5.41, 5.74) is 2.22. The zero-order valence-electron chi connectivity index (χ0n) is 14.0. The van der Waals surface area contributed by atoms with E-state index in [4.69, 9.17) is 16.3 Å². The van der Waals surface area contributed by atoms with Crippen LogP contribution < -0.4 is 25.6 Å². The second-order valence-corrected chi connectivity index (χ2v) is 6.09. The van der Waals surface area contributed by atoms with E-state index >= 15 is 0 Å². The van der Waals surface area contributed by atoms with Crippen LogP contribution >= 0.6 is 11.6 Å². The maximum Gasteiger partial charge on any atom is 0.323 e. The summed E-state index contributed by atoms with van der Waals surface area (Å²) in [7, 11) is 1.56. The normalized spacial score (nSPS) is 14.1. The van der Waals surface area contributed by atoms with Crippen molar-refractivity contribution in [1.82, 2.24) is 5.32 Å². The Labute approximate surface area is 152 Å². The Hall–Kier alpha value is -2.44. The molecule has 1 aliphatic rings. The average molecular weight is 361 g/mol. The molecule has 25 heavy (non-hydrogen) atoms. The number of urea groups is 1. The number of para-hydroxylation sites is 2. The van der Waals surface area contributed by atoms with Gasteiger partial charge in [-0.05, 0) is 30.3 Å². The van der Waals surface area contributed by atoms with Gasteiger partial charge in [-0.2, -0.15) is 0 Å². The molecule has 1 aliphatic heterocycles. The highest BCUT2D eigenvalue weighted by Gasteiger charge is 2.14. The van der Waals surface area contributed by atoms with Crippen LogP contribution in [-0.4, -0.2) is 39.3 Å². The predicted octanol–water partition coefficient (Wildman–Crippen LogP) is 3.40. The fourth-order valence-corrected chi connectivity index (χ4v) is 3.08. The van der Waals surface area contributed by atoms with E-state index in [-0.39, 0.29) is 6.03 Å². The van der Waals surface area contributed by atoms with E-state index in [0.29, 0.717) is 22.1 Å². The lowest BCUT2D eigenvalue weighted by Gasteiger charge is -2.30. The van der Waals surface area contributed by atoms with Crippen molar-refractivity contribution >= 4 is 34.7 Å². The van der Waals surface area contributed by atoms with Crippen molar-refractivity contribution in [3.05, 3.63) is 47.5 Å². The molecular formula is C18H21ClN4O2. The van der Waals surface area contributed by atoms with Crippen molar-refractivity contribution < 1.29 is 9.53 Å². The Kier molecular flexibility index (Phi) is 5.63. The fraction of sp³-hybridized carbons (Fsp3) is 0.278. The maximum atomic E-state index is 12.2. The van der Waals surface area contributed by atoms with Crippen LogP contribution in [0.25, 0.3) is 0 Å². The number of carbonyl (C=O) groups excluding carboxylic acids is 1. The molecule has 2 amide bonds. The third kappa shape index (κ3) is 4.35. The molecule has 7 heteroatoms. The number of halogens is 1. The van der Waals surface area contributed by atoms with E-state index < -0.39 is 0 Å². The number of methoxy groups -OCH3 is 1. The molecule has 0 aromatic heterocycles. The molecule has 0 radical (unpaired) electrons. The van der Waals surface area contributed by atoms with Gasteiger partial charge < -0.3 is 25.6 Å². The van der Waals surface area contributed by atoms with Gasteiger partial charge in [0.2, 0.25) is 0 Å². The van der Waals surface area contributed by atoms with E-state index in [9.17, 15) is 4.79 Å². The molecule has 6 nitrogen and oxygen atoms in total. The number of amides is 2. The molecule has 2 aromatic carbocycles. The number of nitrogens with zero attached hydrogens (tertiary/aromatic N) is 1. The van der Waals surface area contributed by atoms with Crippen LogP contribution in [0.2, 0.25) is 5.02 Å². The van der Waals surface area contributed by atoms with Gasteiger partial charge in [0.1, 0.15) is 5.75 Å². The summed E-state index contributed by atoms with van der Waals surface area (Å²) in [6, 6.07) is 12.4. The number of ether oxygens (including phenoxy) is 1. The van der Waals surface area contributed by atoms with Crippen LogP contribution in [0.15, 0.2) is 42.5 Å². The minimum atomic E-state index is -0.351. The molecule has 3 N–H and O–H groups in total. The third-order valence-electron chi connectivity index (χ3n) is 4.02. The smallest absolute Gasteiger partial charge is 0.323 e. The predicted molar refractivity (Wildman–Crippen MR) is 102 cm³/mol. The molecule has 1 fully saturated rings. The Bertz CT molecular complexity index is 748. The van der Waals surface area contributed by atoms with Crippen LogP contribution in [-0.2, 0) is 0 Å². The molecule has 0 saturated carbocycles.